The lowest BCUT2D eigenvalue weighted by atomic mass is 10.1. The summed E-state index contributed by atoms with van der Waals surface area (Å²) < 4.78 is 1.67. The molecule has 0 fully saturated rings. The summed E-state index contributed by atoms with van der Waals surface area (Å²) in [6.45, 7) is 1.22. The van der Waals surface area contributed by atoms with Crippen LogP contribution >= 0.6 is 11.3 Å². The van der Waals surface area contributed by atoms with Crippen molar-refractivity contribution in [3.8, 4) is 0 Å². The Kier molecular flexibility index (Phi) is 7.19. The largest absolute Gasteiger partial charge is 0.350 e. The van der Waals surface area contributed by atoms with Crippen molar-refractivity contribution in [2.45, 2.75) is 32.2 Å². The molecule has 2 N–H and O–H groups in total. The molecule has 0 atom stereocenters. The Hall–Kier alpha value is -3.14. The summed E-state index contributed by atoms with van der Waals surface area (Å²) in [6.07, 6.45) is 5.57. The van der Waals surface area contributed by atoms with Gasteiger partial charge >= 0.3 is 0 Å². The Morgan fingerprint density at radius 2 is 1.96 bits per heavy atom. The minimum Gasteiger partial charge on any atom is -0.350 e. The van der Waals surface area contributed by atoms with Crippen molar-refractivity contribution >= 4 is 28.8 Å². The van der Waals surface area contributed by atoms with Crippen molar-refractivity contribution in [3.05, 3.63) is 52.8 Å². The number of anilines is 1. The molecule has 3 aromatic rings. The summed E-state index contributed by atoms with van der Waals surface area (Å²) in [5.74, 6) is -0.216. The Labute approximate surface area is 166 Å². The standard InChI is InChI=1S/C18H21N7O2S/c26-13-20-18-23-22-16(28-18)8-4-5-11-25-12-15(21-24-25)17(27)19-10-9-14-6-2-1-3-7-14/h1-3,6-7,12-13H,4-5,8-11H2,(H,19,27)(H,20,23,26). The highest BCUT2D eigenvalue weighted by Gasteiger charge is 2.10. The number of nitrogens with one attached hydrogen (secondary N) is 2. The van der Waals surface area contributed by atoms with Gasteiger partial charge < -0.3 is 10.6 Å². The van der Waals surface area contributed by atoms with E-state index in [0.29, 0.717) is 30.3 Å². The lowest BCUT2D eigenvalue weighted by Gasteiger charge is -2.03. The van der Waals surface area contributed by atoms with Gasteiger partial charge in [-0.2, -0.15) is 0 Å². The van der Waals surface area contributed by atoms with E-state index in [1.165, 1.54) is 16.9 Å². The van der Waals surface area contributed by atoms with Crippen molar-refractivity contribution in [3.63, 3.8) is 0 Å². The van der Waals surface area contributed by atoms with Crippen LogP contribution < -0.4 is 10.6 Å². The van der Waals surface area contributed by atoms with E-state index in [4.69, 9.17) is 0 Å². The third-order valence-corrected chi connectivity index (χ3v) is 4.90. The average molecular weight is 399 g/mol. The molecular formula is C18H21N7O2S. The maximum Gasteiger partial charge on any atom is 0.273 e. The minimum absolute atomic E-state index is 0.216. The van der Waals surface area contributed by atoms with E-state index in [-0.39, 0.29) is 5.91 Å². The molecule has 9 nitrogen and oxygen atoms in total. The number of hydrogen-bond donors (Lipinski definition) is 2. The highest BCUT2D eigenvalue weighted by atomic mass is 32.1. The first kappa shape index (κ1) is 19.6. The maximum absolute atomic E-state index is 12.1. The molecule has 0 aliphatic rings. The van der Waals surface area contributed by atoms with E-state index >= 15 is 0 Å². The SMILES string of the molecule is O=CNc1nnc(CCCCn2cc(C(=O)NCCc3ccccc3)nn2)s1. The number of unbranched alkanes of at least 4 members (excludes halogenated alkanes) is 1. The molecule has 0 bridgehead atoms. The maximum atomic E-state index is 12.1. The van der Waals surface area contributed by atoms with Crippen molar-refractivity contribution in [2.75, 3.05) is 11.9 Å². The molecule has 0 saturated carbocycles. The molecule has 2 aromatic heterocycles. The first-order valence-electron chi connectivity index (χ1n) is 8.99. The van der Waals surface area contributed by atoms with Crippen molar-refractivity contribution in [2.24, 2.45) is 0 Å². The molecule has 0 radical (unpaired) electrons. The molecule has 2 amide bonds. The van der Waals surface area contributed by atoms with E-state index in [0.717, 1.165) is 30.7 Å². The molecule has 3 rings (SSSR count). The molecule has 0 aliphatic heterocycles. The second-order valence-electron chi connectivity index (χ2n) is 6.08. The normalized spacial score (nSPS) is 10.6. The summed E-state index contributed by atoms with van der Waals surface area (Å²) in [6, 6.07) is 9.99. The zero-order valence-electron chi connectivity index (χ0n) is 15.2. The van der Waals surface area contributed by atoms with E-state index < -0.39 is 0 Å². The number of benzene rings is 1. The number of aromatic nitrogens is 5. The first-order chi connectivity index (χ1) is 13.7. The van der Waals surface area contributed by atoms with Crippen LogP contribution in [0.25, 0.3) is 0 Å². The number of carbonyl (C=O) groups is 2. The lowest BCUT2D eigenvalue weighted by Crippen LogP contribution is -2.26. The number of aryl methyl sites for hydroxylation is 2. The Bertz CT molecular complexity index is 894. The summed E-state index contributed by atoms with van der Waals surface area (Å²) in [4.78, 5) is 22.5. The highest BCUT2D eigenvalue weighted by molar-refractivity contribution is 7.15. The number of hydrogen-bond acceptors (Lipinski definition) is 7. The number of rotatable bonds is 11. The zero-order chi connectivity index (χ0) is 19.6. The summed E-state index contributed by atoms with van der Waals surface area (Å²) in [5.41, 5.74) is 1.50. The Morgan fingerprint density at radius 1 is 1.11 bits per heavy atom. The molecule has 0 spiro atoms. The molecule has 0 saturated heterocycles. The van der Waals surface area contributed by atoms with Gasteiger partial charge in [-0.3, -0.25) is 14.3 Å². The summed E-state index contributed by atoms with van der Waals surface area (Å²) >= 11 is 1.37. The van der Waals surface area contributed by atoms with E-state index in [1.807, 2.05) is 30.3 Å². The summed E-state index contributed by atoms with van der Waals surface area (Å²) in [5, 5.41) is 22.6. The Balaban J connectivity index is 1.36. The van der Waals surface area contributed by atoms with Gasteiger partial charge in [0.25, 0.3) is 5.91 Å². The van der Waals surface area contributed by atoms with Crippen LogP contribution in [0.2, 0.25) is 0 Å². The van der Waals surface area contributed by atoms with Crippen molar-refractivity contribution in [1.82, 2.24) is 30.5 Å². The molecular weight excluding hydrogens is 378 g/mol. The fourth-order valence-electron chi connectivity index (χ4n) is 2.58. The third-order valence-electron chi connectivity index (χ3n) is 3.99. The molecule has 0 unspecified atom stereocenters. The second-order valence-corrected chi connectivity index (χ2v) is 7.14. The predicted molar refractivity (Wildman–Crippen MR) is 105 cm³/mol. The third kappa shape index (κ3) is 5.95. The monoisotopic (exact) mass is 399 g/mol. The molecule has 146 valence electrons. The van der Waals surface area contributed by atoms with Gasteiger partial charge in [0.15, 0.2) is 5.69 Å². The number of carbonyl (C=O) groups excluding carboxylic acids is 2. The van der Waals surface area contributed by atoms with Gasteiger partial charge in [0.1, 0.15) is 5.01 Å². The number of nitrogens with zero attached hydrogens (tertiary/aromatic N) is 5. The molecule has 28 heavy (non-hydrogen) atoms. The van der Waals surface area contributed by atoms with Crippen LogP contribution in [0.1, 0.15) is 33.9 Å². The van der Waals surface area contributed by atoms with Gasteiger partial charge in [-0.05, 0) is 24.8 Å². The highest BCUT2D eigenvalue weighted by Crippen LogP contribution is 2.16. The van der Waals surface area contributed by atoms with Gasteiger partial charge in [0.2, 0.25) is 11.5 Å². The quantitative estimate of drug-likeness (QED) is 0.375. The summed E-state index contributed by atoms with van der Waals surface area (Å²) in [7, 11) is 0. The van der Waals surface area contributed by atoms with Gasteiger partial charge in [-0.25, -0.2) is 0 Å². The molecule has 2 heterocycles. The van der Waals surface area contributed by atoms with E-state index in [9.17, 15) is 9.59 Å². The van der Waals surface area contributed by atoms with Gasteiger partial charge in [-0.15, -0.1) is 15.3 Å². The van der Waals surface area contributed by atoms with E-state index in [2.05, 4.69) is 31.1 Å². The molecule has 0 aliphatic carbocycles. The predicted octanol–water partition coefficient (Wildman–Crippen LogP) is 1.69. The fraction of sp³-hybridized carbons (Fsp3) is 0.333. The minimum atomic E-state index is -0.216. The van der Waals surface area contributed by atoms with Crippen LogP contribution in [-0.4, -0.2) is 44.1 Å². The van der Waals surface area contributed by atoms with Crippen LogP contribution in [0.5, 0.6) is 0 Å². The van der Waals surface area contributed by atoms with Crippen molar-refractivity contribution in [1.29, 1.82) is 0 Å². The van der Waals surface area contributed by atoms with Crippen molar-refractivity contribution < 1.29 is 9.59 Å². The smallest absolute Gasteiger partial charge is 0.273 e. The molecule has 1 aromatic carbocycles. The van der Waals surface area contributed by atoms with E-state index in [1.54, 1.807) is 10.9 Å². The van der Waals surface area contributed by atoms with Crippen LogP contribution in [0, 0.1) is 0 Å². The van der Waals surface area contributed by atoms with Crippen LogP contribution in [0.4, 0.5) is 5.13 Å². The fourth-order valence-corrected chi connectivity index (χ4v) is 3.32. The van der Waals surface area contributed by atoms with Crippen LogP contribution in [0.15, 0.2) is 36.5 Å². The zero-order valence-corrected chi connectivity index (χ0v) is 16.1. The van der Waals surface area contributed by atoms with Gasteiger partial charge in [-0.1, -0.05) is 46.9 Å². The number of amides is 2. The Morgan fingerprint density at radius 3 is 2.79 bits per heavy atom. The van der Waals surface area contributed by atoms with Gasteiger partial charge in [0, 0.05) is 19.5 Å². The topological polar surface area (TPSA) is 115 Å². The molecule has 10 heteroatoms. The van der Waals surface area contributed by atoms with Gasteiger partial charge in [0.05, 0.1) is 6.20 Å². The van der Waals surface area contributed by atoms with Crippen LogP contribution in [-0.2, 0) is 24.2 Å². The first-order valence-corrected chi connectivity index (χ1v) is 9.81. The van der Waals surface area contributed by atoms with Crippen LogP contribution in [0.3, 0.4) is 0 Å². The second kappa shape index (κ2) is 10.3. The average Bonchev–Trinajstić information content (AvgIpc) is 3.36. The lowest BCUT2D eigenvalue weighted by molar-refractivity contribution is -0.105.